The summed E-state index contributed by atoms with van der Waals surface area (Å²) in [5, 5.41) is 10.1. The third kappa shape index (κ3) is 3.64. The van der Waals surface area contributed by atoms with Crippen molar-refractivity contribution >= 4 is 42.0 Å². The Morgan fingerprint density at radius 1 is 1.19 bits per heavy atom. The van der Waals surface area contributed by atoms with E-state index in [1.54, 1.807) is 0 Å². The Kier molecular flexibility index (Phi) is 5.71. The zero-order valence-corrected chi connectivity index (χ0v) is 10.4. The first-order valence-electron chi connectivity index (χ1n) is 4.38. The minimum absolute atomic E-state index is 0. The van der Waals surface area contributed by atoms with E-state index in [0.717, 1.165) is 22.9 Å². The maximum atomic E-state index is 5.57. The summed E-state index contributed by atoms with van der Waals surface area (Å²) in [6.45, 7) is 1.96. The van der Waals surface area contributed by atoms with E-state index >= 15 is 0 Å². The van der Waals surface area contributed by atoms with Gasteiger partial charge in [-0.3, -0.25) is 5.10 Å². The standard InChI is InChI=1S/C10H12N4.2ClH/c1-7-6-10(14-13-7)12-9-4-2-8(11)3-5-9;;/h2-6H,11H2,1H3,(H2,12,13,14);2*1H. The van der Waals surface area contributed by atoms with Crippen LogP contribution in [-0.4, -0.2) is 10.2 Å². The number of rotatable bonds is 2. The molecule has 0 aliphatic rings. The molecule has 0 fully saturated rings. The summed E-state index contributed by atoms with van der Waals surface area (Å²) in [5.41, 5.74) is 8.34. The highest BCUT2D eigenvalue weighted by Crippen LogP contribution is 2.15. The Morgan fingerprint density at radius 3 is 2.31 bits per heavy atom. The molecule has 1 aromatic carbocycles. The van der Waals surface area contributed by atoms with Crippen molar-refractivity contribution in [1.82, 2.24) is 10.2 Å². The molecule has 16 heavy (non-hydrogen) atoms. The Labute approximate surface area is 106 Å². The molecular formula is C10H14Cl2N4. The van der Waals surface area contributed by atoms with Crippen molar-refractivity contribution in [2.45, 2.75) is 6.92 Å². The molecular weight excluding hydrogens is 247 g/mol. The fraction of sp³-hybridized carbons (Fsp3) is 0.100. The number of hydrogen-bond donors (Lipinski definition) is 3. The molecule has 0 aliphatic carbocycles. The number of benzene rings is 1. The molecule has 6 heteroatoms. The predicted molar refractivity (Wildman–Crippen MR) is 72.0 cm³/mol. The lowest BCUT2D eigenvalue weighted by atomic mass is 10.3. The predicted octanol–water partition coefficient (Wildman–Crippen LogP) is 2.89. The molecule has 0 atom stereocenters. The van der Waals surface area contributed by atoms with Gasteiger partial charge in [0.15, 0.2) is 5.82 Å². The summed E-state index contributed by atoms with van der Waals surface area (Å²) in [4.78, 5) is 0. The summed E-state index contributed by atoms with van der Waals surface area (Å²) in [7, 11) is 0. The fourth-order valence-electron chi connectivity index (χ4n) is 1.20. The number of aryl methyl sites for hydroxylation is 1. The highest BCUT2D eigenvalue weighted by atomic mass is 35.5. The van der Waals surface area contributed by atoms with Gasteiger partial charge in [-0.05, 0) is 31.2 Å². The Hall–Kier alpha value is -1.39. The van der Waals surface area contributed by atoms with Crippen LogP contribution in [0.2, 0.25) is 0 Å². The van der Waals surface area contributed by atoms with Crippen molar-refractivity contribution < 1.29 is 0 Å². The average molecular weight is 261 g/mol. The molecule has 0 saturated heterocycles. The zero-order valence-electron chi connectivity index (χ0n) is 8.73. The molecule has 1 heterocycles. The first-order chi connectivity index (χ1) is 6.74. The first kappa shape index (κ1) is 14.6. The van der Waals surface area contributed by atoms with Gasteiger partial charge in [0, 0.05) is 23.1 Å². The number of aromatic amines is 1. The Morgan fingerprint density at radius 2 is 1.81 bits per heavy atom. The quantitative estimate of drug-likeness (QED) is 0.728. The Balaban J connectivity index is 0.00000112. The van der Waals surface area contributed by atoms with E-state index in [9.17, 15) is 0 Å². The van der Waals surface area contributed by atoms with Crippen LogP contribution in [0.1, 0.15) is 5.69 Å². The minimum atomic E-state index is 0. The lowest BCUT2D eigenvalue weighted by Gasteiger charge is -2.01. The smallest absolute Gasteiger partial charge is 0.152 e. The van der Waals surface area contributed by atoms with E-state index in [1.807, 2.05) is 37.3 Å². The first-order valence-corrected chi connectivity index (χ1v) is 4.38. The van der Waals surface area contributed by atoms with Crippen molar-refractivity contribution in [2.75, 3.05) is 11.1 Å². The molecule has 1 aromatic heterocycles. The number of hydrogen-bond acceptors (Lipinski definition) is 3. The van der Waals surface area contributed by atoms with Gasteiger partial charge in [-0.2, -0.15) is 5.10 Å². The third-order valence-electron chi connectivity index (χ3n) is 1.89. The van der Waals surface area contributed by atoms with Crippen molar-refractivity contribution in [3.8, 4) is 0 Å². The van der Waals surface area contributed by atoms with Gasteiger partial charge >= 0.3 is 0 Å². The molecule has 0 amide bonds. The molecule has 2 aromatic rings. The summed E-state index contributed by atoms with van der Waals surface area (Å²) in [6.07, 6.45) is 0. The zero-order chi connectivity index (χ0) is 9.97. The average Bonchev–Trinajstić information content (AvgIpc) is 2.56. The largest absolute Gasteiger partial charge is 0.399 e. The third-order valence-corrected chi connectivity index (χ3v) is 1.89. The summed E-state index contributed by atoms with van der Waals surface area (Å²) in [5.74, 6) is 0.812. The van der Waals surface area contributed by atoms with Crippen LogP contribution in [-0.2, 0) is 0 Å². The molecule has 0 saturated carbocycles. The van der Waals surface area contributed by atoms with Crippen molar-refractivity contribution in [3.63, 3.8) is 0 Å². The number of aromatic nitrogens is 2. The van der Waals surface area contributed by atoms with Gasteiger partial charge in [0.2, 0.25) is 0 Å². The van der Waals surface area contributed by atoms with Gasteiger partial charge in [0.05, 0.1) is 0 Å². The van der Waals surface area contributed by atoms with Gasteiger partial charge < -0.3 is 11.1 Å². The van der Waals surface area contributed by atoms with Gasteiger partial charge in [0.1, 0.15) is 0 Å². The van der Waals surface area contributed by atoms with Gasteiger partial charge in [-0.25, -0.2) is 0 Å². The van der Waals surface area contributed by atoms with Crippen LogP contribution >= 0.6 is 24.8 Å². The van der Waals surface area contributed by atoms with E-state index in [4.69, 9.17) is 5.73 Å². The maximum Gasteiger partial charge on any atom is 0.152 e. The van der Waals surface area contributed by atoms with E-state index in [2.05, 4.69) is 15.5 Å². The molecule has 0 aliphatic heterocycles. The van der Waals surface area contributed by atoms with E-state index in [0.29, 0.717) is 0 Å². The molecule has 88 valence electrons. The molecule has 2 rings (SSSR count). The molecule has 0 radical (unpaired) electrons. The SMILES string of the molecule is Cc1cc(Nc2ccc(N)cc2)n[nH]1.Cl.Cl. The van der Waals surface area contributed by atoms with E-state index in [-0.39, 0.29) is 24.8 Å². The number of anilines is 3. The molecule has 0 unspecified atom stereocenters. The maximum absolute atomic E-state index is 5.57. The lowest BCUT2D eigenvalue weighted by molar-refractivity contribution is 1.05. The summed E-state index contributed by atoms with van der Waals surface area (Å²) >= 11 is 0. The van der Waals surface area contributed by atoms with E-state index < -0.39 is 0 Å². The van der Waals surface area contributed by atoms with E-state index in [1.165, 1.54) is 0 Å². The normalized spacial score (nSPS) is 8.81. The van der Waals surface area contributed by atoms with Crippen molar-refractivity contribution in [3.05, 3.63) is 36.0 Å². The van der Waals surface area contributed by atoms with Crippen LogP contribution in [0.4, 0.5) is 17.2 Å². The van der Waals surface area contributed by atoms with Crippen molar-refractivity contribution in [2.24, 2.45) is 0 Å². The second-order valence-corrected chi connectivity index (χ2v) is 3.18. The number of nitrogen functional groups attached to an aromatic ring is 1. The minimum Gasteiger partial charge on any atom is -0.399 e. The number of halogens is 2. The monoisotopic (exact) mass is 260 g/mol. The molecule has 4 nitrogen and oxygen atoms in total. The van der Waals surface area contributed by atoms with Gasteiger partial charge in [0.25, 0.3) is 0 Å². The second-order valence-electron chi connectivity index (χ2n) is 3.18. The molecule has 4 N–H and O–H groups in total. The Bertz CT molecular complexity index is 425. The summed E-state index contributed by atoms with van der Waals surface area (Å²) < 4.78 is 0. The van der Waals surface area contributed by atoms with Crippen LogP contribution in [0, 0.1) is 6.92 Å². The number of nitrogens with two attached hydrogens (primary N) is 1. The lowest BCUT2D eigenvalue weighted by Crippen LogP contribution is -1.91. The van der Waals surface area contributed by atoms with Gasteiger partial charge in [-0.15, -0.1) is 24.8 Å². The second kappa shape index (κ2) is 6.25. The molecule has 0 bridgehead atoms. The van der Waals surface area contributed by atoms with Crippen LogP contribution in [0.5, 0.6) is 0 Å². The number of H-pyrrole nitrogens is 1. The van der Waals surface area contributed by atoms with Crippen LogP contribution < -0.4 is 11.1 Å². The highest BCUT2D eigenvalue weighted by molar-refractivity contribution is 5.85. The highest BCUT2D eigenvalue weighted by Gasteiger charge is 1.97. The number of nitrogens with one attached hydrogen (secondary N) is 2. The van der Waals surface area contributed by atoms with Crippen LogP contribution in [0.25, 0.3) is 0 Å². The summed E-state index contributed by atoms with van der Waals surface area (Å²) in [6, 6.07) is 9.47. The van der Waals surface area contributed by atoms with Crippen LogP contribution in [0.15, 0.2) is 30.3 Å². The fourth-order valence-corrected chi connectivity index (χ4v) is 1.20. The van der Waals surface area contributed by atoms with Gasteiger partial charge in [-0.1, -0.05) is 0 Å². The van der Waals surface area contributed by atoms with Crippen LogP contribution in [0.3, 0.4) is 0 Å². The van der Waals surface area contributed by atoms with Crippen molar-refractivity contribution in [1.29, 1.82) is 0 Å². The topological polar surface area (TPSA) is 66.7 Å². The number of nitrogens with zero attached hydrogens (tertiary/aromatic N) is 1. The molecule has 0 spiro atoms.